The predicted molar refractivity (Wildman–Crippen MR) is 103 cm³/mol. The van der Waals surface area contributed by atoms with Gasteiger partial charge in [-0.25, -0.2) is 0 Å². The fraction of sp³-hybridized carbons (Fsp3) is 0.316. The van der Waals surface area contributed by atoms with E-state index in [0.29, 0.717) is 16.3 Å². The van der Waals surface area contributed by atoms with Crippen LogP contribution in [0.2, 0.25) is 5.02 Å². The highest BCUT2D eigenvalue weighted by Gasteiger charge is 2.18. The van der Waals surface area contributed by atoms with Crippen molar-refractivity contribution in [3.8, 4) is 0 Å². The van der Waals surface area contributed by atoms with E-state index in [9.17, 15) is 14.9 Å². The first-order chi connectivity index (χ1) is 12.3. The van der Waals surface area contributed by atoms with E-state index in [4.69, 9.17) is 11.6 Å². The molecule has 0 fully saturated rings. The lowest BCUT2D eigenvalue weighted by Crippen LogP contribution is -2.33. The lowest BCUT2D eigenvalue weighted by Gasteiger charge is -2.23. The molecule has 0 saturated carbocycles. The fourth-order valence-corrected chi connectivity index (χ4v) is 2.89. The SMILES string of the molecule is Cc1c(NC(=O)CNC(c2ccc(Cl)cc2)C(C)C)cccc1[N+](=O)[O-]. The molecule has 138 valence electrons. The zero-order valence-corrected chi connectivity index (χ0v) is 15.7. The Bertz CT molecular complexity index is 791. The summed E-state index contributed by atoms with van der Waals surface area (Å²) in [6.07, 6.45) is 0. The van der Waals surface area contributed by atoms with E-state index in [1.165, 1.54) is 6.07 Å². The maximum atomic E-state index is 12.3. The van der Waals surface area contributed by atoms with Crippen LogP contribution in [0, 0.1) is 23.0 Å². The van der Waals surface area contributed by atoms with Crippen LogP contribution in [-0.2, 0) is 4.79 Å². The summed E-state index contributed by atoms with van der Waals surface area (Å²) in [6, 6.07) is 12.1. The predicted octanol–water partition coefficient (Wildman–Crippen LogP) is 4.48. The Morgan fingerprint density at radius 2 is 1.85 bits per heavy atom. The molecule has 0 aliphatic rings. The number of carbonyl (C=O) groups is 1. The van der Waals surface area contributed by atoms with Gasteiger partial charge in [0.05, 0.1) is 22.7 Å². The Morgan fingerprint density at radius 3 is 2.42 bits per heavy atom. The normalized spacial score (nSPS) is 12.0. The number of nitrogens with zero attached hydrogens (tertiary/aromatic N) is 1. The van der Waals surface area contributed by atoms with Gasteiger partial charge in [-0.1, -0.05) is 43.6 Å². The molecule has 0 saturated heterocycles. The van der Waals surface area contributed by atoms with Crippen LogP contribution < -0.4 is 10.6 Å². The van der Waals surface area contributed by atoms with Gasteiger partial charge in [0, 0.05) is 17.1 Å². The van der Waals surface area contributed by atoms with Gasteiger partial charge in [-0.2, -0.15) is 0 Å². The molecule has 0 aromatic heterocycles. The van der Waals surface area contributed by atoms with Gasteiger partial charge in [0.2, 0.25) is 5.91 Å². The van der Waals surface area contributed by atoms with Gasteiger partial charge in [0.25, 0.3) is 5.69 Å². The summed E-state index contributed by atoms with van der Waals surface area (Å²) >= 11 is 5.93. The van der Waals surface area contributed by atoms with Crippen LogP contribution in [0.5, 0.6) is 0 Å². The van der Waals surface area contributed by atoms with Gasteiger partial charge >= 0.3 is 0 Å². The number of amides is 1. The maximum absolute atomic E-state index is 12.3. The second-order valence-corrected chi connectivity index (χ2v) is 6.85. The summed E-state index contributed by atoms with van der Waals surface area (Å²) in [5.41, 5.74) is 1.91. The Labute approximate surface area is 157 Å². The summed E-state index contributed by atoms with van der Waals surface area (Å²) < 4.78 is 0. The van der Waals surface area contributed by atoms with Crippen LogP contribution in [0.25, 0.3) is 0 Å². The third-order valence-electron chi connectivity index (χ3n) is 4.15. The molecule has 2 N–H and O–H groups in total. The van der Waals surface area contributed by atoms with Crippen molar-refractivity contribution in [3.63, 3.8) is 0 Å². The largest absolute Gasteiger partial charge is 0.324 e. The van der Waals surface area contributed by atoms with Crippen LogP contribution in [-0.4, -0.2) is 17.4 Å². The van der Waals surface area contributed by atoms with Crippen LogP contribution in [0.4, 0.5) is 11.4 Å². The molecular formula is C19H22ClN3O3. The number of nitro groups is 1. The van der Waals surface area contributed by atoms with Crippen molar-refractivity contribution in [2.45, 2.75) is 26.8 Å². The van der Waals surface area contributed by atoms with E-state index >= 15 is 0 Å². The highest BCUT2D eigenvalue weighted by atomic mass is 35.5. The molecule has 1 unspecified atom stereocenters. The van der Waals surface area contributed by atoms with E-state index in [1.54, 1.807) is 19.1 Å². The zero-order chi connectivity index (χ0) is 19.3. The lowest BCUT2D eigenvalue weighted by atomic mass is 9.96. The Hall–Kier alpha value is -2.44. The second kappa shape index (κ2) is 8.78. The summed E-state index contributed by atoms with van der Waals surface area (Å²) in [7, 11) is 0. The summed E-state index contributed by atoms with van der Waals surface area (Å²) in [4.78, 5) is 22.8. The number of benzene rings is 2. The van der Waals surface area contributed by atoms with Gasteiger partial charge < -0.3 is 10.6 Å². The molecule has 0 aliphatic heterocycles. The van der Waals surface area contributed by atoms with Crippen LogP contribution in [0.15, 0.2) is 42.5 Å². The van der Waals surface area contributed by atoms with Gasteiger partial charge in [-0.05, 0) is 36.6 Å². The van der Waals surface area contributed by atoms with Crippen molar-refractivity contribution >= 4 is 28.9 Å². The van der Waals surface area contributed by atoms with Crippen molar-refractivity contribution in [3.05, 3.63) is 68.7 Å². The van der Waals surface area contributed by atoms with Gasteiger partial charge in [-0.15, -0.1) is 0 Å². The molecule has 1 atom stereocenters. The molecule has 0 spiro atoms. The Kier molecular flexibility index (Phi) is 6.71. The van der Waals surface area contributed by atoms with Crippen molar-refractivity contribution in [2.75, 3.05) is 11.9 Å². The number of hydrogen-bond acceptors (Lipinski definition) is 4. The molecule has 2 aromatic carbocycles. The molecule has 6 nitrogen and oxygen atoms in total. The quantitative estimate of drug-likeness (QED) is 0.552. The smallest absolute Gasteiger partial charge is 0.274 e. The minimum Gasteiger partial charge on any atom is -0.324 e. The number of halogens is 1. The third kappa shape index (κ3) is 5.03. The number of hydrogen-bond donors (Lipinski definition) is 2. The average Bonchev–Trinajstić information content (AvgIpc) is 2.58. The molecule has 0 radical (unpaired) electrons. The molecule has 1 amide bonds. The van der Waals surface area contributed by atoms with Gasteiger partial charge in [-0.3, -0.25) is 14.9 Å². The Morgan fingerprint density at radius 1 is 1.19 bits per heavy atom. The summed E-state index contributed by atoms with van der Waals surface area (Å²) in [5.74, 6) is 0.0109. The van der Waals surface area contributed by atoms with E-state index in [0.717, 1.165) is 5.56 Å². The number of carbonyl (C=O) groups excluding carboxylic acids is 1. The second-order valence-electron chi connectivity index (χ2n) is 6.41. The summed E-state index contributed by atoms with van der Waals surface area (Å²) in [5, 5.41) is 17.6. The molecule has 7 heteroatoms. The van der Waals surface area contributed by atoms with Gasteiger partial charge in [0.15, 0.2) is 0 Å². The molecular weight excluding hydrogens is 354 g/mol. The minimum atomic E-state index is -0.460. The first-order valence-electron chi connectivity index (χ1n) is 8.32. The summed E-state index contributed by atoms with van der Waals surface area (Å²) in [6.45, 7) is 5.84. The lowest BCUT2D eigenvalue weighted by molar-refractivity contribution is -0.385. The van der Waals surface area contributed by atoms with Crippen LogP contribution in [0.1, 0.15) is 31.0 Å². The Balaban J connectivity index is 2.04. The molecule has 0 aliphatic carbocycles. The highest BCUT2D eigenvalue weighted by Crippen LogP contribution is 2.25. The topological polar surface area (TPSA) is 84.3 Å². The number of nitrogens with one attached hydrogen (secondary N) is 2. The maximum Gasteiger partial charge on any atom is 0.274 e. The van der Waals surface area contributed by atoms with E-state index in [2.05, 4.69) is 24.5 Å². The van der Waals surface area contributed by atoms with E-state index in [1.807, 2.05) is 24.3 Å². The van der Waals surface area contributed by atoms with Gasteiger partial charge in [0.1, 0.15) is 0 Å². The molecule has 0 bridgehead atoms. The van der Waals surface area contributed by atoms with Crippen LogP contribution >= 0.6 is 11.6 Å². The number of rotatable bonds is 7. The standard InChI is InChI=1S/C19H22ClN3O3/c1-12(2)19(14-7-9-15(20)10-8-14)21-11-18(24)22-16-5-4-6-17(13(16)3)23(25)26/h4-10,12,19,21H,11H2,1-3H3,(H,22,24). The van der Waals surface area contributed by atoms with Crippen LogP contribution in [0.3, 0.4) is 0 Å². The third-order valence-corrected chi connectivity index (χ3v) is 4.41. The zero-order valence-electron chi connectivity index (χ0n) is 15.0. The minimum absolute atomic E-state index is 0.00998. The van der Waals surface area contributed by atoms with Crippen molar-refractivity contribution in [1.29, 1.82) is 0 Å². The number of nitro benzene ring substituents is 1. The molecule has 2 aromatic rings. The molecule has 2 rings (SSSR count). The van der Waals surface area contributed by atoms with Crippen molar-refractivity contribution < 1.29 is 9.72 Å². The first-order valence-corrected chi connectivity index (χ1v) is 8.70. The molecule has 0 heterocycles. The molecule has 26 heavy (non-hydrogen) atoms. The van der Waals surface area contributed by atoms with Crippen molar-refractivity contribution in [1.82, 2.24) is 5.32 Å². The highest BCUT2D eigenvalue weighted by molar-refractivity contribution is 6.30. The van der Waals surface area contributed by atoms with Crippen molar-refractivity contribution in [2.24, 2.45) is 5.92 Å². The number of anilines is 1. The van der Waals surface area contributed by atoms with E-state index < -0.39 is 4.92 Å². The average molecular weight is 376 g/mol. The van der Waals surface area contributed by atoms with E-state index in [-0.39, 0.29) is 30.1 Å². The monoisotopic (exact) mass is 375 g/mol. The fourth-order valence-electron chi connectivity index (χ4n) is 2.76. The first kappa shape index (κ1) is 19.9.